The van der Waals surface area contributed by atoms with Crippen LogP contribution in [0.3, 0.4) is 0 Å². The molecule has 1 N–H and O–H groups in total. The van der Waals surface area contributed by atoms with Crippen molar-refractivity contribution in [3.63, 3.8) is 0 Å². The highest BCUT2D eigenvalue weighted by molar-refractivity contribution is 5.97. The van der Waals surface area contributed by atoms with E-state index in [1.54, 1.807) is 4.68 Å². The van der Waals surface area contributed by atoms with Crippen molar-refractivity contribution < 1.29 is 4.79 Å². The van der Waals surface area contributed by atoms with Crippen LogP contribution in [0, 0.1) is 6.92 Å². The van der Waals surface area contributed by atoms with Crippen molar-refractivity contribution in [3.05, 3.63) is 65.5 Å². The first-order chi connectivity index (χ1) is 16.2. The molecule has 0 radical (unpaired) electrons. The second-order valence-electron chi connectivity index (χ2n) is 9.60. The van der Waals surface area contributed by atoms with Crippen molar-refractivity contribution in [2.75, 3.05) is 57.1 Å². The third kappa shape index (κ3) is 5.25. The standard InChI is InChI=1S/C27H36N6O/c1-19-7-8-24(33-11-9-31(5)10-12-33)16-26(19)27(34)29-20(2)21-13-22(15-25(14-21)30(3)4)23-17-28-32(6)18-23/h7-8,13-18,20H,9-12H2,1-6H3,(H,29,34)/t20-/m1/s1. The van der Waals surface area contributed by atoms with E-state index in [0.717, 1.165) is 65.4 Å². The number of nitrogens with one attached hydrogen (secondary N) is 1. The van der Waals surface area contributed by atoms with Crippen LogP contribution in [0.2, 0.25) is 0 Å². The minimum atomic E-state index is -0.144. The van der Waals surface area contributed by atoms with Crippen molar-refractivity contribution in [2.24, 2.45) is 7.05 Å². The van der Waals surface area contributed by atoms with Gasteiger partial charge in [0.05, 0.1) is 12.2 Å². The van der Waals surface area contributed by atoms with Crippen LogP contribution < -0.4 is 15.1 Å². The summed E-state index contributed by atoms with van der Waals surface area (Å²) in [4.78, 5) is 20.1. The lowest BCUT2D eigenvalue weighted by atomic mass is 9.99. The number of hydrogen-bond acceptors (Lipinski definition) is 5. The molecule has 0 unspecified atom stereocenters. The van der Waals surface area contributed by atoms with Crippen LogP contribution in [0.25, 0.3) is 11.1 Å². The molecule has 1 fully saturated rings. The number of anilines is 2. The summed E-state index contributed by atoms with van der Waals surface area (Å²) in [5.41, 5.74) is 7.13. The number of aromatic nitrogens is 2. The molecule has 1 aliphatic rings. The van der Waals surface area contributed by atoms with E-state index in [0.29, 0.717) is 0 Å². The first-order valence-electron chi connectivity index (χ1n) is 11.9. The van der Waals surface area contributed by atoms with Gasteiger partial charge in [0, 0.05) is 76.0 Å². The largest absolute Gasteiger partial charge is 0.378 e. The van der Waals surface area contributed by atoms with Crippen LogP contribution in [-0.4, -0.2) is 67.9 Å². The number of carbonyl (C=O) groups excluding carboxylic acids is 1. The molecule has 0 aliphatic carbocycles. The second-order valence-corrected chi connectivity index (χ2v) is 9.60. The number of hydrogen-bond donors (Lipinski definition) is 1. The van der Waals surface area contributed by atoms with Gasteiger partial charge in [-0.3, -0.25) is 9.48 Å². The van der Waals surface area contributed by atoms with Gasteiger partial charge in [-0.1, -0.05) is 6.07 Å². The maximum absolute atomic E-state index is 13.4. The summed E-state index contributed by atoms with van der Waals surface area (Å²) in [5, 5.41) is 7.55. The molecule has 1 amide bonds. The van der Waals surface area contributed by atoms with E-state index in [-0.39, 0.29) is 11.9 Å². The SMILES string of the molecule is Cc1ccc(N2CCN(C)CC2)cc1C(=O)N[C@H](C)c1cc(-c2cnn(C)c2)cc(N(C)C)c1. The molecule has 1 saturated heterocycles. The van der Waals surface area contributed by atoms with E-state index in [1.165, 1.54) is 0 Å². The Hall–Kier alpha value is -3.32. The summed E-state index contributed by atoms with van der Waals surface area (Å²) in [6, 6.07) is 12.5. The third-order valence-electron chi connectivity index (χ3n) is 6.68. The molecule has 3 aromatic rings. The summed E-state index contributed by atoms with van der Waals surface area (Å²) in [7, 11) is 8.13. The van der Waals surface area contributed by atoms with Crippen LogP contribution in [0.4, 0.5) is 11.4 Å². The third-order valence-corrected chi connectivity index (χ3v) is 6.68. The Labute approximate surface area is 203 Å². The highest BCUT2D eigenvalue weighted by Gasteiger charge is 2.19. The van der Waals surface area contributed by atoms with Gasteiger partial charge in [-0.05, 0) is 67.9 Å². The lowest BCUT2D eigenvalue weighted by Gasteiger charge is -2.34. The number of nitrogens with zero attached hydrogens (tertiary/aromatic N) is 5. The van der Waals surface area contributed by atoms with Crippen molar-refractivity contribution in [1.29, 1.82) is 0 Å². The zero-order valence-corrected chi connectivity index (χ0v) is 21.2. The number of aryl methyl sites for hydroxylation is 2. The summed E-state index contributed by atoms with van der Waals surface area (Å²) in [6.45, 7) is 8.07. The molecule has 1 aromatic heterocycles. The fourth-order valence-electron chi connectivity index (χ4n) is 4.35. The number of amides is 1. The van der Waals surface area contributed by atoms with E-state index in [4.69, 9.17) is 0 Å². The van der Waals surface area contributed by atoms with Gasteiger partial charge in [0.15, 0.2) is 0 Å². The molecule has 4 rings (SSSR count). The molecule has 34 heavy (non-hydrogen) atoms. The fourth-order valence-corrected chi connectivity index (χ4v) is 4.35. The second kappa shape index (κ2) is 9.89. The lowest BCUT2D eigenvalue weighted by molar-refractivity contribution is 0.0939. The summed E-state index contributed by atoms with van der Waals surface area (Å²) in [5.74, 6) is -0.0424. The number of carbonyl (C=O) groups is 1. The number of piperazine rings is 1. The van der Waals surface area contributed by atoms with Crippen molar-refractivity contribution in [3.8, 4) is 11.1 Å². The quantitative estimate of drug-likeness (QED) is 0.608. The van der Waals surface area contributed by atoms with Crippen LogP contribution >= 0.6 is 0 Å². The molecule has 0 bridgehead atoms. The molecule has 180 valence electrons. The van der Waals surface area contributed by atoms with E-state index >= 15 is 0 Å². The van der Waals surface area contributed by atoms with Gasteiger partial charge in [-0.25, -0.2) is 0 Å². The van der Waals surface area contributed by atoms with Crippen LogP contribution in [-0.2, 0) is 7.05 Å². The zero-order valence-electron chi connectivity index (χ0n) is 21.2. The maximum Gasteiger partial charge on any atom is 0.252 e. The highest BCUT2D eigenvalue weighted by atomic mass is 16.1. The average molecular weight is 461 g/mol. The number of benzene rings is 2. The predicted molar refractivity (Wildman–Crippen MR) is 140 cm³/mol. The molecule has 7 heteroatoms. The zero-order chi connectivity index (χ0) is 24.4. The van der Waals surface area contributed by atoms with Crippen molar-refractivity contribution in [2.45, 2.75) is 19.9 Å². The van der Waals surface area contributed by atoms with Gasteiger partial charge in [0.1, 0.15) is 0 Å². The van der Waals surface area contributed by atoms with Crippen LogP contribution in [0.5, 0.6) is 0 Å². The molecule has 2 aromatic carbocycles. The summed E-state index contributed by atoms with van der Waals surface area (Å²) in [6.07, 6.45) is 3.88. The van der Waals surface area contributed by atoms with E-state index in [2.05, 4.69) is 62.5 Å². The van der Waals surface area contributed by atoms with Gasteiger partial charge in [-0.15, -0.1) is 0 Å². The van der Waals surface area contributed by atoms with E-state index < -0.39 is 0 Å². The Bertz CT molecular complexity index is 1160. The normalized spacial score (nSPS) is 15.3. The molecule has 0 saturated carbocycles. The minimum absolute atomic E-state index is 0.0424. The first-order valence-corrected chi connectivity index (χ1v) is 11.9. The van der Waals surface area contributed by atoms with Crippen LogP contribution in [0.1, 0.15) is 34.5 Å². The average Bonchev–Trinajstić information content (AvgIpc) is 3.26. The minimum Gasteiger partial charge on any atom is -0.378 e. The Balaban J connectivity index is 1.57. The molecule has 1 aliphatic heterocycles. The van der Waals surface area contributed by atoms with Gasteiger partial charge >= 0.3 is 0 Å². The van der Waals surface area contributed by atoms with Crippen molar-refractivity contribution >= 4 is 17.3 Å². The topological polar surface area (TPSA) is 56.6 Å². The Morgan fingerprint density at radius 1 is 1.03 bits per heavy atom. The molecule has 7 nitrogen and oxygen atoms in total. The van der Waals surface area contributed by atoms with Crippen LogP contribution in [0.15, 0.2) is 48.8 Å². The maximum atomic E-state index is 13.4. The molecular formula is C27H36N6O. The fraction of sp³-hybridized carbons (Fsp3) is 0.407. The van der Waals surface area contributed by atoms with Gasteiger partial charge in [-0.2, -0.15) is 5.10 Å². The van der Waals surface area contributed by atoms with Gasteiger partial charge in [0.25, 0.3) is 5.91 Å². The van der Waals surface area contributed by atoms with E-state index in [9.17, 15) is 4.79 Å². The van der Waals surface area contributed by atoms with E-state index in [1.807, 2.05) is 53.5 Å². The number of rotatable bonds is 6. The first kappa shape index (κ1) is 23.8. The van der Waals surface area contributed by atoms with Crippen molar-refractivity contribution in [1.82, 2.24) is 20.0 Å². The summed E-state index contributed by atoms with van der Waals surface area (Å²) >= 11 is 0. The molecule has 2 heterocycles. The molecule has 1 atom stereocenters. The Kier molecular flexibility index (Phi) is 6.93. The smallest absolute Gasteiger partial charge is 0.252 e. The Morgan fingerprint density at radius 2 is 1.76 bits per heavy atom. The Morgan fingerprint density at radius 3 is 2.41 bits per heavy atom. The molecule has 0 spiro atoms. The summed E-state index contributed by atoms with van der Waals surface area (Å²) < 4.78 is 1.80. The van der Waals surface area contributed by atoms with Gasteiger partial charge < -0.3 is 20.0 Å². The highest BCUT2D eigenvalue weighted by Crippen LogP contribution is 2.29. The molecular weight excluding hydrogens is 424 g/mol. The lowest BCUT2D eigenvalue weighted by Crippen LogP contribution is -2.44. The monoisotopic (exact) mass is 460 g/mol. The number of likely N-dealkylation sites (N-methyl/N-ethyl adjacent to an activating group) is 1. The van der Waals surface area contributed by atoms with Gasteiger partial charge in [0.2, 0.25) is 0 Å². The predicted octanol–water partition coefficient (Wildman–Crippen LogP) is 3.70.